The summed E-state index contributed by atoms with van der Waals surface area (Å²) in [5.41, 5.74) is 7.07. The number of hydrogen-bond donors (Lipinski definition) is 2. The fourth-order valence-corrected chi connectivity index (χ4v) is 3.32. The number of alkyl halides is 3. The molecule has 0 bridgehead atoms. The van der Waals surface area contributed by atoms with Crippen LogP contribution in [-0.2, 0) is 11.2 Å². The SMILES string of the molecule is C[C@@H](c1cccc(OC(F)(F)F)c1)N1C(=O)[C@H](NC(N)=O)Cc2ccccc21. The fourth-order valence-electron chi connectivity index (χ4n) is 3.32. The third-order valence-electron chi connectivity index (χ3n) is 4.49. The molecule has 0 saturated heterocycles. The number of para-hydroxylation sites is 1. The quantitative estimate of drug-likeness (QED) is 0.836. The first kappa shape index (κ1) is 19.5. The second-order valence-corrected chi connectivity index (χ2v) is 6.40. The number of hydrogen-bond acceptors (Lipinski definition) is 3. The molecule has 0 radical (unpaired) electrons. The average molecular weight is 393 g/mol. The summed E-state index contributed by atoms with van der Waals surface area (Å²) in [7, 11) is 0. The van der Waals surface area contributed by atoms with Crippen molar-refractivity contribution in [2.45, 2.75) is 31.8 Å². The molecule has 0 fully saturated rings. The Morgan fingerprint density at radius 1 is 1.25 bits per heavy atom. The molecule has 2 atom stereocenters. The molecule has 3 rings (SSSR count). The number of rotatable bonds is 4. The normalized spacial score (nSPS) is 17.6. The van der Waals surface area contributed by atoms with Crippen LogP contribution in [0.4, 0.5) is 23.7 Å². The number of urea groups is 1. The number of carbonyl (C=O) groups is 2. The highest BCUT2D eigenvalue weighted by atomic mass is 19.4. The van der Waals surface area contributed by atoms with Gasteiger partial charge in [-0.1, -0.05) is 30.3 Å². The van der Waals surface area contributed by atoms with E-state index in [4.69, 9.17) is 5.73 Å². The Bertz CT molecular complexity index is 901. The van der Waals surface area contributed by atoms with Gasteiger partial charge in [0.1, 0.15) is 11.8 Å². The van der Waals surface area contributed by atoms with E-state index in [-0.39, 0.29) is 12.2 Å². The van der Waals surface area contributed by atoms with Gasteiger partial charge in [0.2, 0.25) is 0 Å². The molecular formula is C19H18F3N3O3. The van der Waals surface area contributed by atoms with Crippen molar-refractivity contribution in [1.29, 1.82) is 0 Å². The lowest BCUT2D eigenvalue weighted by Crippen LogP contribution is -2.54. The number of anilines is 1. The first-order valence-corrected chi connectivity index (χ1v) is 8.48. The highest BCUT2D eigenvalue weighted by Crippen LogP contribution is 2.36. The van der Waals surface area contributed by atoms with Crippen LogP contribution in [0, 0.1) is 0 Å². The summed E-state index contributed by atoms with van der Waals surface area (Å²) in [6.45, 7) is 1.69. The number of carbonyl (C=O) groups excluding carboxylic acids is 2. The van der Waals surface area contributed by atoms with Crippen LogP contribution >= 0.6 is 0 Å². The molecule has 3 amide bonds. The van der Waals surface area contributed by atoms with Crippen molar-refractivity contribution in [2.75, 3.05) is 4.90 Å². The van der Waals surface area contributed by atoms with Crippen LogP contribution in [0.3, 0.4) is 0 Å². The summed E-state index contributed by atoms with van der Waals surface area (Å²) in [5.74, 6) is -0.770. The van der Waals surface area contributed by atoms with Crippen molar-refractivity contribution < 1.29 is 27.5 Å². The number of halogens is 3. The molecule has 0 saturated carbocycles. The van der Waals surface area contributed by atoms with Crippen molar-refractivity contribution in [3.63, 3.8) is 0 Å². The van der Waals surface area contributed by atoms with E-state index in [2.05, 4.69) is 10.1 Å². The molecule has 9 heteroatoms. The molecule has 6 nitrogen and oxygen atoms in total. The third-order valence-corrected chi connectivity index (χ3v) is 4.49. The standard InChI is InChI=1S/C19H18F3N3O3/c1-11(12-6-4-7-14(9-12)28-19(20,21)22)25-16-8-3-2-5-13(16)10-15(17(25)26)24-18(23)27/h2-9,11,15H,10H2,1H3,(H3,23,24,27)/t11-,15+/m0/s1. The van der Waals surface area contributed by atoms with Crippen LogP contribution in [0.2, 0.25) is 0 Å². The van der Waals surface area contributed by atoms with Gasteiger partial charge in [0, 0.05) is 12.1 Å². The maximum Gasteiger partial charge on any atom is 0.573 e. The minimum atomic E-state index is -4.81. The number of nitrogens with zero attached hydrogens (tertiary/aromatic N) is 1. The van der Waals surface area contributed by atoms with E-state index >= 15 is 0 Å². The largest absolute Gasteiger partial charge is 0.573 e. The minimum absolute atomic E-state index is 0.276. The molecule has 1 heterocycles. The van der Waals surface area contributed by atoms with Crippen LogP contribution in [0.5, 0.6) is 5.75 Å². The first-order chi connectivity index (χ1) is 13.2. The lowest BCUT2D eigenvalue weighted by molar-refractivity contribution is -0.274. The Kier molecular flexibility index (Phi) is 5.17. The maximum atomic E-state index is 13.0. The van der Waals surface area contributed by atoms with Gasteiger partial charge in [-0.3, -0.25) is 4.79 Å². The molecule has 0 aliphatic carbocycles. The van der Waals surface area contributed by atoms with Crippen molar-refractivity contribution >= 4 is 17.6 Å². The van der Waals surface area contributed by atoms with Crippen LogP contribution in [0.1, 0.15) is 24.1 Å². The Balaban J connectivity index is 1.97. The molecule has 28 heavy (non-hydrogen) atoms. The van der Waals surface area contributed by atoms with E-state index in [1.165, 1.54) is 23.1 Å². The molecule has 1 aliphatic heterocycles. The van der Waals surface area contributed by atoms with Crippen molar-refractivity contribution in [1.82, 2.24) is 5.32 Å². The Morgan fingerprint density at radius 2 is 1.96 bits per heavy atom. The Labute approximate surface area is 159 Å². The molecule has 0 unspecified atom stereocenters. The summed E-state index contributed by atoms with van der Waals surface area (Å²) in [4.78, 5) is 25.7. The monoisotopic (exact) mass is 393 g/mol. The number of fused-ring (bicyclic) bond motifs is 1. The van der Waals surface area contributed by atoms with Gasteiger partial charge < -0.3 is 20.7 Å². The first-order valence-electron chi connectivity index (χ1n) is 8.48. The topological polar surface area (TPSA) is 84.7 Å². The van der Waals surface area contributed by atoms with Gasteiger partial charge in [-0.25, -0.2) is 4.79 Å². The predicted octanol–water partition coefficient (Wildman–Crippen LogP) is 3.27. The van der Waals surface area contributed by atoms with Gasteiger partial charge in [0.15, 0.2) is 0 Å². The van der Waals surface area contributed by atoms with Gasteiger partial charge in [-0.2, -0.15) is 0 Å². The van der Waals surface area contributed by atoms with E-state index in [9.17, 15) is 22.8 Å². The lowest BCUT2D eigenvalue weighted by atomic mass is 9.94. The van der Waals surface area contributed by atoms with Gasteiger partial charge in [-0.15, -0.1) is 13.2 Å². The average Bonchev–Trinajstić information content (AvgIpc) is 2.60. The van der Waals surface area contributed by atoms with E-state index < -0.39 is 30.4 Å². The van der Waals surface area contributed by atoms with Crippen LogP contribution in [0.15, 0.2) is 48.5 Å². The second-order valence-electron chi connectivity index (χ2n) is 6.40. The zero-order chi connectivity index (χ0) is 20.5. The van der Waals surface area contributed by atoms with Crippen LogP contribution in [0.25, 0.3) is 0 Å². The van der Waals surface area contributed by atoms with Crippen molar-refractivity contribution in [3.05, 3.63) is 59.7 Å². The highest BCUT2D eigenvalue weighted by molar-refractivity contribution is 6.02. The van der Waals surface area contributed by atoms with Gasteiger partial charge in [0.05, 0.1) is 6.04 Å². The summed E-state index contributed by atoms with van der Waals surface area (Å²) >= 11 is 0. The number of amides is 3. The summed E-state index contributed by atoms with van der Waals surface area (Å²) in [6.07, 6.45) is -4.54. The molecule has 0 spiro atoms. The fraction of sp³-hybridized carbons (Fsp3) is 0.263. The zero-order valence-electron chi connectivity index (χ0n) is 14.9. The van der Waals surface area contributed by atoms with E-state index in [1.807, 2.05) is 6.07 Å². The van der Waals surface area contributed by atoms with Crippen molar-refractivity contribution in [3.8, 4) is 5.75 Å². The van der Waals surface area contributed by atoms with E-state index in [1.54, 1.807) is 31.2 Å². The van der Waals surface area contributed by atoms with Gasteiger partial charge >= 0.3 is 12.4 Å². The number of nitrogens with two attached hydrogens (primary N) is 1. The Morgan fingerprint density at radius 3 is 2.64 bits per heavy atom. The number of ether oxygens (including phenoxy) is 1. The minimum Gasteiger partial charge on any atom is -0.406 e. The number of benzene rings is 2. The lowest BCUT2D eigenvalue weighted by Gasteiger charge is -2.38. The maximum absolute atomic E-state index is 13.0. The highest BCUT2D eigenvalue weighted by Gasteiger charge is 2.37. The summed E-state index contributed by atoms with van der Waals surface area (Å²) < 4.78 is 41.5. The summed E-state index contributed by atoms with van der Waals surface area (Å²) in [6, 6.07) is 10.3. The molecule has 148 valence electrons. The number of nitrogens with one attached hydrogen (secondary N) is 1. The van der Waals surface area contributed by atoms with Crippen molar-refractivity contribution in [2.24, 2.45) is 5.73 Å². The molecule has 2 aromatic carbocycles. The van der Waals surface area contributed by atoms with Gasteiger partial charge in [-0.05, 0) is 36.2 Å². The molecule has 0 aromatic heterocycles. The van der Waals surface area contributed by atoms with Crippen LogP contribution in [-0.4, -0.2) is 24.3 Å². The summed E-state index contributed by atoms with van der Waals surface area (Å²) in [5, 5.41) is 2.43. The molecule has 1 aliphatic rings. The molecule has 2 aromatic rings. The number of primary amides is 1. The Hall–Kier alpha value is -3.23. The zero-order valence-corrected chi connectivity index (χ0v) is 14.9. The third kappa shape index (κ3) is 4.19. The van der Waals surface area contributed by atoms with Crippen LogP contribution < -0.4 is 20.7 Å². The molecule has 3 N–H and O–H groups in total. The van der Waals surface area contributed by atoms with E-state index in [0.717, 1.165) is 5.56 Å². The van der Waals surface area contributed by atoms with Gasteiger partial charge in [0.25, 0.3) is 5.91 Å². The smallest absolute Gasteiger partial charge is 0.406 e. The van der Waals surface area contributed by atoms with E-state index in [0.29, 0.717) is 11.3 Å². The molecular weight excluding hydrogens is 375 g/mol. The predicted molar refractivity (Wildman–Crippen MR) is 95.7 cm³/mol. The second kappa shape index (κ2) is 7.41.